The molecule has 6 heteroatoms. The van der Waals surface area contributed by atoms with E-state index < -0.39 is 10.1 Å². The number of hydrogen-bond donors (Lipinski definition) is 0. The molecule has 2 aromatic rings. The normalized spacial score (nSPS) is 13.7. The third-order valence-corrected chi connectivity index (χ3v) is 5.92. The van der Waals surface area contributed by atoms with E-state index >= 15 is 0 Å². The maximum atomic E-state index is 12.3. The van der Waals surface area contributed by atoms with Gasteiger partial charge in [0.25, 0.3) is 10.1 Å². The summed E-state index contributed by atoms with van der Waals surface area (Å²) in [7, 11) is -3.79. The lowest BCUT2D eigenvalue weighted by Gasteiger charge is -2.24. The number of carbonyl (C=O) groups excluding carboxylic acids is 1. The lowest BCUT2D eigenvalue weighted by atomic mass is 9.89. The topological polar surface area (TPSA) is 69.7 Å². The van der Waals surface area contributed by atoms with E-state index in [0.29, 0.717) is 5.56 Å². The van der Waals surface area contributed by atoms with Crippen LogP contribution in [0.4, 0.5) is 0 Å². The van der Waals surface area contributed by atoms with E-state index in [2.05, 4.69) is 0 Å². The van der Waals surface area contributed by atoms with Crippen molar-refractivity contribution in [2.24, 2.45) is 11.8 Å². The first-order valence-electron chi connectivity index (χ1n) is 9.14. The van der Waals surface area contributed by atoms with Gasteiger partial charge in [-0.25, -0.2) is 4.79 Å². The summed E-state index contributed by atoms with van der Waals surface area (Å²) >= 11 is 0. The molecule has 0 aliphatic heterocycles. The zero-order chi connectivity index (χ0) is 19.7. The summed E-state index contributed by atoms with van der Waals surface area (Å²) in [5.74, 6) is -0.382. The predicted octanol–water partition coefficient (Wildman–Crippen LogP) is 4.30. The van der Waals surface area contributed by atoms with Crippen LogP contribution in [-0.4, -0.2) is 27.6 Å². The summed E-state index contributed by atoms with van der Waals surface area (Å²) in [6.07, 6.45) is 1.49. The Morgan fingerprint density at radius 1 is 0.852 bits per heavy atom. The Labute approximate surface area is 161 Å². The summed E-state index contributed by atoms with van der Waals surface area (Å²) in [6.45, 7) is 4.27. The zero-order valence-electron chi connectivity index (χ0n) is 15.7. The van der Waals surface area contributed by atoms with Crippen molar-refractivity contribution >= 4 is 16.1 Å². The lowest BCUT2D eigenvalue weighted by molar-refractivity contribution is 0.0347. The van der Waals surface area contributed by atoms with Gasteiger partial charge in [-0.15, -0.1) is 0 Å². The summed E-state index contributed by atoms with van der Waals surface area (Å²) in [5, 5.41) is 0. The number of benzene rings is 2. The maximum absolute atomic E-state index is 12.3. The van der Waals surface area contributed by atoms with Gasteiger partial charge in [0.15, 0.2) is 0 Å². The van der Waals surface area contributed by atoms with Gasteiger partial charge in [0, 0.05) is 0 Å². The van der Waals surface area contributed by atoms with Gasteiger partial charge in [-0.1, -0.05) is 56.7 Å². The van der Waals surface area contributed by atoms with E-state index in [1.165, 1.54) is 12.1 Å². The Morgan fingerprint density at radius 2 is 1.37 bits per heavy atom. The Hall–Kier alpha value is -2.18. The molecule has 0 spiro atoms. The minimum atomic E-state index is -3.79. The summed E-state index contributed by atoms with van der Waals surface area (Å²) in [4.78, 5) is 12.3. The molecule has 0 saturated heterocycles. The van der Waals surface area contributed by atoms with Gasteiger partial charge in [0.1, 0.15) is 0 Å². The average molecular weight is 391 g/mol. The molecule has 0 bridgehead atoms. The van der Waals surface area contributed by atoms with Gasteiger partial charge in [-0.2, -0.15) is 8.42 Å². The molecule has 0 N–H and O–H groups in total. The fourth-order valence-electron chi connectivity index (χ4n) is 2.85. The second-order valence-corrected chi connectivity index (χ2v) is 7.97. The highest BCUT2D eigenvalue weighted by Crippen LogP contribution is 2.23. The van der Waals surface area contributed by atoms with E-state index in [1.54, 1.807) is 42.5 Å². The average Bonchev–Trinajstić information content (AvgIpc) is 2.71. The fourth-order valence-corrected chi connectivity index (χ4v) is 3.83. The Balaban J connectivity index is 1.94. The van der Waals surface area contributed by atoms with Crippen LogP contribution in [0.2, 0.25) is 0 Å². The first-order chi connectivity index (χ1) is 13.0. The van der Waals surface area contributed by atoms with E-state index in [0.717, 1.165) is 12.8 Å². The Kier molecular flexibility index (Phi) is 8.00. The third-order valence-electron chi connectivity index (χ3n) is 4.62. The summed E-state index contributed by atoms with van der Waals surface area (Å²) in [6, 6.07) is 16.9. The van der Waals surface area contributed by atoms with Crippen molar-refractivity contribution in [1.82, 2.24) is 0 Å². The van der Waals surface area contributed by atoms with Crippen LogP contribution in [0.1, 0.15) is 37.0 Å². The van der Waals surface area contributed by atoms with Gasteiger partial charge in [-0.3, -0.25) is 4.18 Å². The van der Waals surface area contributed by atoms with Crippen molar-refractivity contribution in [3.05, 3.63) is 66.2 Å². The van der Waals surface area contributed by atoms with Crippen molar-refractivity contribution in [2.75, 3.05) is 13.2 Å². The van der Waals surface area contributed by atoms with Gasteiger partial charge in [0.05, 0.1) is 23.7 Å². The third kappa shape index (κ3) is 6.19. The molecule has 2 rings (SSSR count). The standard InChI is InChI=1S/C21H26O5S/c1-3-17(15-25-21(22)19-11-7-5-8-12-19)18(4-2)16-26-27(23,24)20-13-9-6-10-14-20/h5-14,17-18H,3-4,15-16H2,1-2H3. The smallest absolute Gasteiger partial charge is 0.338 e. The van der Waals surface area contributed by atoms with Crippen LogP contribution in [0, 0.1) is 11.8 Å². The molecule has 2 atom stereocenters. The minimum Gasteiger partial charge on any atom is -0.462 e. The molecule has 0 radical (unpaired) electrons. The number of esters is 1. The molecule has 0 amide bonds. The predicted molar refractivity (Wildman–Crippen MR) is 104 cm³/mol. The quantitative estimate of drug-likeness (QED) is 0.447. The number of hydrogen-bond acceptors (Lipinski definition) is 5. The fraction of sp³-hybridized carbons (Fsp3) is 0.381. The highest BCUT2D eigenvalue weighted by atomic mass is 32.2. The first-order valence-corrected chi connectivity index (χ1v) is 10.5. The van der Waals surface area contributed by atoms with Crippen LogP contribution in [0.15, 0.2) is 65.6 Å². The van der Waals surface area contributed by atoms with Crippen molar-refractivity contribution in [3.8, 4) is 0 Å². The Morgan fingerprint density at radius 3 is 1.93 bits per heavy atom. The number of carbonyl (C=O) groups is 1. The van der Waals surface area contributed by atoms with Gasteiger partial charge in [-0.05, 0) is 42.5 Å². The molecule has 0 aliphatic rings. The molecule has 2 aromatic carbocycles. The molecule has 5 nitrogen and oxygen atoms in total. The second-order valence-electron chi connectivity index (χ2n) is 6.35. The van der Waals surface area contributed by atoms with Crippen LogP contribution in [0.3, 0.4) is 0 Å². The molecule has 27 heavy (non-hydrogen) atoms. The van der Waals surface area contributed by atoms with Crippen LogP contribution in [0.5, 0.6) is 0 Å². The Bertz CT molecular complexity index is 803. The van der Waals surface area contributed by atoms with E-state index in [9.17, 15) is 13.2 Å². The first kappa shape index (κ1) is 21.1. The van der Waals surface area contributed by atoms with Crippen molar-refractivity contribution in [3.63, 3.8) is 0 Å². The summed E-state index contributed by atoms with van der Waals surface area (Å²) in [5.41, 5.74) is 0.503. The minimum absolute atomic E-state index is 0.0219. The number of rotatable bonds is 10. The monoisotopic (exact) mass is 390 g/mol. The molecule has 0 fully saturated rings. The molecule has 146 valence electrons. The molecule has 0 heterocycles. The largest absolute Gasteiger partial charge is 0.462 e. The molecule has 0 aliphatic carbocycles. The van der Waals surface area contributed by atoms with E-state index in [-0.39, 0.29) is 35.9 Å². The van der Waals surface area contributed by atoms with Gasteiger partial charge < -0.3 is 4.74 Å². The van der Waals surface area contributed by atoms with E-state index in [1.807, 2.05) is 19.9 Å². The van der Waals surface area contributed by atoms with Crippen molar-refractivity contribution in [1.29, 1.82) is 0 Å². The highest BCUT2D eigenvalue weighted by molar-refractivity contribution is 7.86. The molecular formula is C21H26O5S. The maximum Gasteiger partial charge on any atom is 0.338 e. The van der Waals surface area contributed by atoms with E-state index in [4.69, 9.17) is 8.92 Å². The van der Waals surface area contributed by atoms with Crippen LogP contribution < -0.4 is 0 Å². The molecular weight excluding hydrogens is 364 g/mol. The van der Waals surface area contributed by atoms with Crippen molar-refractivity contribution in [2.45, 2.75) is 31.6 Å². The SMILES string of the molecule is CCC(COC(=O)c1ccccc1)C(CC)COS(=O)(=O)c1ccccc1. The van der Waals surface area contributed by atoms with Crippen LogP contribution in [0.25, 0.3) is 0 Å². The molecule has 0 aromatic heterocycles. The zero-order valence-corrected chi connectivity index (χ0v) is 16.5. The summed E-state index contributed by atoms with van der Waals surface area (Å²) < 4.78 is 35.3. The second kappa shape index (κ2) is 10.2. The van der Waals surface area contributed by atoms with Crippen molar-refractivity contribution < 1.29 is 22.1 Å². The van der Waals surface area contributed by atoms with Gasteiger partial charge in [0.2, 0.25) is 0 Å². The highest BCUT2D eigenvalue weighted by Gasteiger charge is 2.24. The van der Waals surface area contributed by atoms with Crippen LogP contribution >= 0.6 is 0 Å². The number of ether oxygens (including phenoxy) is 1. The molecule has 0 saturated carbocycles. The lowest BCUT2D eigenvalue weighted by Crippen LogP contribution is -2.26. The van der Waals surface area contributed by atoms with Crippen LogP contribution in [-0.2, 0) is 19.0 Å². The van der Waals surface area contributed by atoms with Gasteiger partial charge >= 0.3 is 5.97 Å². The molecule has 2 unspecified atom stereocenters.